The van der Waals surface area contributed by atoms with Crippen LogP contribution in [0.3, 0.4) is 0 Å². The molecule has 0 aromatic carbocycles. The van der Waals surface area contributed by atoms with Crippen molar-refractivity contribution < 1.29 is 4.79 Å². The van der Waals surface area contributed by atoms with Crippen molar-refractivity contribution in [3.05, 3.63) is 23.3 Å². The number of hydrogen-bond donors (Lipinski definition) is 0. The summed E-state index contributed by atoms with van der Waals surface area (Å²) in [5, 5.41) is 0. The molecule has 2 aliphatic rings. The van der Waals surface area contributed by atoms with Crippen molar-refractivity contribution in [2.45, 2.75) is 58.4 Å². The van der Waals surface area contributed by atoms with Gasteiger partial charge in [0.2, 0.25) is 5.91 Å². The maximum atomic E-state index is 12.0. The Balaban J connectivity index is 1.95. The molecule has 2 aliphatic heterocycles. The molecular formula is C15H23NO. The molecule has 2 nitrogen and oxygen atoms in total. The molecule has 0 radical (unpaired) electrons. The van der Waals surface area contributed by atoms with Gasteiger partial charge < -0.3 is 4.90 Å². The molecule has 1 atom stereocenters. The smallest absolute Gasteiger partial charge is 0.246 e. The second kappa shape index (κ2) is 5.52. The minimum atomic E-state index is 0.258. The fourth-order valence-electron chi connectivity index (χ4n) is 2.84. The van der Waals surface area contributed by atoms with Gasteiger partial charge in [-0.25, -0.2) is 0 Å². The molecule has 2 heterocycles. The van der Waals surface area contributed by atoms with Crippen LogP contribution in [0.15, 0.2) is 23.3 Å². The standard InChI is InChI=1S/C15H23NO/c1-12(2)6-5-7-13-10-14-8-3-4-9-16(14)15(17)11-13/h6,11,14H,3-5,7-10H2,1-2H3. The van der Waals surface area contributed by atoms with E-state index in [-0.39, 0.29) is 5.91 Å². The Morgan fingerprint density at radius 2 is 2.29 bits per heavy atom. The Kier molecular flexibility index (Phi) is 4.03. The Morgan fingerprint density at radius 3 is 3.06 bits per heavy atom. The average Bonchev–Trinajstić information content (AvgIpc) is 2.28. The molecule has 17 heavy (non-hydrogen) atoms. The lowest BCUT2D eigenvalue weighted by molar-refractivity contribution is -0.130. The first-order valence-corrected chi connectivity index (χ1v) is 6.80. The second-order valence-corrected chi connectivity index (χ2v) is 5.51. The van der Waals surface area contributed by atoms with Crippen LogP contribution in [-0.4, -0.2) is 23.4 Å². The number of carbonyl (C=O) groups excluding carboxylic acids is 1. The summed E-state index contributed by atoms with van der Waals surface area (Å²) in [4.78, 5) is 14.0. The van der Waals surface area contributed by atoms with Crippen molar-refractivity contribution in [1.29, 1.82) is 0 Å². The summed E-state index contributed by atoms with van der Waals surface area (Å²) < 4.78 is 0. The van der Waals surface area contributed by atoms with Gasteiger partial charge in [0.05, 0.1) is 0 Å². The van der Waals surface area contributed by atoms with Crippen molar-refractivity contribution in [2.75, 3.05) is 6.54 Å². The zero-order chi connectivity index (χ0) is 12.3. The molecule has 1 fully saturated rings. The second-order valence-electron chi connectivity index (χ2n) is 5.51. The van der Waals surface area contributed by atoms with Crippen LogP contribution in [0, 0.1) is 0 Å². The van der Waals surface area contributed by atoms with E-state index in [1.54, 1.807) is 0 Å². The van der Waals surface area contributed by atoms with Crippen LogP contribution in [0.4, 0.5) is 0 Å². The van der Waals surface area contributed by atoms with Crippen molar-refractivity contribution in [1.82, 2.24) is 4.90 Å². The van der Waals surface area contributed by atoms with Gasteiger partial charge in [0.1, 0.15) is 0 Å². The lowest BCUT2D eigenvalue weighted by atomic mass is 9.90. The van der Waals surface area contributed by atoms with Gasteiger partial charge in [-0.15, -0.1) is 0 Å². The fraction of sp³-hybridized carbons (Fsp3) is 0.667. The molecule has 0 spiro atoms. The van der Waals surface area contributed by atoms with E-state index in [2.05, 4.69) is 24.8 Å². The van der Waals surface area contributed by atoms with Gasteiger partial charge in [-0.2, -0.15) is 0 Å². The predicted molar refractivity (Wildman–Crippen MR) is 70.7 cm³/mol. The molecule has 1 unspecified atom stereocenters. The number of amides is 1. The van der Waals surface area contributed by atoms with Gasteiger partial charge in [-0.3, -0.25) is 4.79 Å². The normalized spacial score (nSPS) is 24.1. The molecule has 0 saturated carbocycles. The predicted octanol–water partition coefficient (Wildman–Crippen LogP) is 3.44. The summed E-state index contributed by atoms with van der Waals surface area (Å²) in [7, 11) is 0. The average molecular weight is 233 g/mol. The molecule has 2 rings (SSSR count). The molecule has 1 amide bonds. The largest absolute Gasteiger partial charge is 0.336 e. The SMILES string of the molecule is CC(C)=CCCC1=CC(=O)N2CCCCC2C1. The molecule has 0 N–H and O–H groups in total. The highest BCUT2D eigenvalue weighted by Crippen LogP contribution is 2.29. The quantitative estimate of drug-likeness (QED) is 0.684. The highest BCUT2D eigenvalue weighted by Gasteiger charge is 2.29. The van der Waals surface area contributed by atoms with Gasteiger partial charge in [-0.05, 0) is 52.4 Å². The van der Waals surface area contributed by atoms with E-state index in [1.807, 2.05) is 6.08 Å². The zero-order valence-electron chi connectivity index (χ0n) is 11.0. The van der Waals surface area contributed by atoms with E-state index in [9.17, 15) is 4.79 Å². The fourth-order valence-corrected chi connectivity index (χ4v) is 2.84. The first kappa shape index (κ1) is 12.4. The summed E-state index contributed by atoms with van der Waals surface area (Å²) in [6, 6.07) is 0.503. The molecule has 0 aromatic rings. The van der Waals surface area contributed by atoms with Crippen LogP contribution >= 0.6 is 0 Å². The summed E-state index contributed by atoms with van der Waals surface area (Å²) in [6.07, 6.45) is 11.1. The molecule has 0 aromatic heterocycles. The number of nitrogens with zero attached hydrogens (tertiary/aromatic N) is 1. The summed E-state index contributed by atoms with van der Waals surface area (Å²) in [5.41, 5.74) is 2.72. The van der Waals surface area contributed by atoms with Crippen LogP contribution in [0.1, 0.15) is 52.4 Å². The minimum Gasteiger partial charge on any atom is -0.336 e. The van der Waals surface area contributed by atoms with Crippen LogP contribution in [0.5, 0.6) is 0 Å². The van der Waals surface area contributed by atoms with Gasteiger partial charge >= 0.3 is 0 Å². The maximum absolute atomic E-state index is 12.0. The molecular weight excluding hydrogens is 210 g/mol. The van der Waals surface area contributed by atoms with Crippen LogP contribution in [-0.2, 0) is 4.79 Å². The van der Waals surface area contributed by atoms with Crippen molar-refractivity contribution in [3.8, 4) is 0 Å². The number of carbonyl (C=O) groups is 1. The maximum Gasteiger partial charge on any atom is 0.246 e. The van der Waals surface area contributed by atoms with Crippen molar-refractivity contribution >= 4 is 5.91 Å². The van der Waals surface area contributed by atoms with Crippen LogP contribution in [0.25, 0.3) is 0 Å². The zero-order valence-corrected chi connectivity index (χ0v) is 11.0. The molecule has 94 valence electrons. The van der Waals surface area contributed by atoms with E-state index in [1.165, 1.54) is 30.4 Å². The monoisotopic (exact) mass is 233 g/mol. The van der Waals surface area contributed by atoms with E-state index in [0.29, 0.717) is 6.04 Å². The lowest BCUT2D eigenvalue weighted by Gasteiger charge is -2.38. The molecule has 1 saturated heterocycles. The third-order valence-electron chi connectivity index (χ3n) is 3.75. The Hall–Kier alpha value is -1.05. The molecule has 0 aliphatic carbocycles. The third kappa shape index (κ3) is 3.21. The summed E-state index contributed by atoms with van der Waals surface area (Å²) in [5.74, 6) is 0.258. The number of allylic oxidation sites excluding steroid dienone is 2. The van der Waals surface area contributed by atoms with E-state index in [0.717, 1.165) is 25.8 Å². The number of rotatable bonds is 3. The van der Waals surface area contributed by atoms with Crippen molar-refractivity contribution in [3.63, 3.8) is 0 Å². The first-order valence-electron chi connectivity index (χ1n) is 6.80. The highest BCUT2D eigenvalue weighted by molar-refractivity contribution is 5.89. The van der Waals surface area contributed by atoms with Gasteiger partial charge in [-0.1, -0.05) is 17.2 Å². The van der Waals surface area contributed by atoms with Gasteiger partial charge in [0.15, 0.2) is 0 Å². The Bertz CT molecular complexity index is 350. The summed E-state index contributed by atoms with van der Waals surface area (Å²) in [6.45, 7) is 5.23. The number of hydrogen-bond acceptors (Lipinski definition) is 1. The van der Waals surface area contributed by atoms with E-state index in [4.69, 9.17) is 0 Å². The molecule has 0 bridgehead atoms. The Labute approximate surface area is 104 Å². The number of fused-ring (bicyclic) bond motifs is 1. The van der Waals surface area contributed by atoms with Crippen molar-refractivity contribution in [2.24, 2.45) is 0 Å². The van der Waals surface area contributed by atoms with Gasteiger partial charge in [0, 0.05) is 18.7 Å². The van der Waals surface area contributed by atoms with Crippen LogP contribution < -0.4 is 0 Å². The van der Waals surface area contributed by atoms with Gasteiger partial charge in [0.25, 0.3) is 0 Å². The third-order valence-corrected chi connectivity index (χ3v) is 3.75. The highest BCUT2D eigenvalue weighted by atomic mass is 16.2. The number of piperidine rings is 1. The lowest BCUT2D eigenvalue weighted by Crippen LogP contribution is -2.45. The van der Waals surface area contributed by atoms with Crippen LogP contribution in [0.2, 0.25) is 0 Å². The van der Waals surface area contributed by atoms with E-state index < -0.39 is 0 Å². The summed E-state index contributed by atoms with van der Waals surface area (Å²) >= 11 is 0. The molecule has 2 heteroatoms. The minimum absolute atomic E-state index is 0.258. The topological polar surface area (TPSA) is 20.3 Å². The van der Waals surface area contributed by atoms with E-state index >= 15 is 0 Å². The first-order chi connectivity index (χ1) is 8.16. The Morgan fingerprint density at radius 1 is 1.47 bits per heavy atom.